The third-order valence-corrected chi connectivity index (χ3v) is 4.84. The zero-order chi connectivity index (χ0) is 17.4. The van der Waals surface area contributed by atoms with Crippen LogP contribution in [-0.4, -0.2) is 40.8 Å². The van der Waals surface area contributed by atoms with Crippen molar-refractivity contribution in [2.45, 2.75) is 6.92 Å². The Labute approximate surface area is 147 Å². The van der Waals surface area contributed by atoms with Crippen molar-refractivity contribution in [3.8, 4) is 0 Å². The second-order valence-electron chi connectivity index (χ2n) is 5.47. The Hall–Kier alpha value is -2.38. The van der Waals surface area contributed by atoms with Gasteiger partial charge in [0, 0.05) is 19.5 Å². The van der Waals surface area contributed by atoms with Crippen molar-refractivity contribution in [3.05, 3.63) is 45.6 Å². The first-order valence-electron chi connectivity index (χ1n) is 7.14. The van der Waals surface area contributed by atoms with Gasteiger partial charge in [-0.25, -0.2) is 4.98 Å². The number of hydrogen-bond donors (Lipinski definition) is 2. The van der Waals surface area contributed by atoms with Crippen molar-refractivity contribution < 1.29 is 9.59 Å². The minimum atomic E-state index is -0.333. The third kappa shape index (κ3) is 3.00. The number of nitrogens with zero attached hydrogens (tertiary/aromatic N) is 2. The van der Waals surface area contributed by atoms with E-state index in [2.05, 4.69) is 15.3 Å². The van der Waals surface area contributed by atoms with E-state index < -0.39 is 0 Å². The minimum absolute atomic E-state index is 0.136. The number of aromatic amines is 1. The molecule has 0 fully saturated rings. The number of hydrogen-bond acceptors (Lipinski definition) is 4. The average Bonchev–Trinajstić information content (AvgIpc) is 3.11. The molecule has 3 aromatic rings. The first kappa shape index (κ1) is 16.5. The fraction of sp³-hybridized carbons (Fsp3) is 0.188. The van der Waals surface area contributed by atoms with Gasteiger partial charge in [-0.05, 0) is 19.1 Å². The number of rotatable bonds is 3. The molecule has 2 heterocycles. The number of aryl methyl sites for hydroxylation is 1. The quantitative estimate of drug-likeness (QED) is 0.748. The third-order valence-electron chi connectivity index (χ3n) is 3.47. The van der Waals surface area contributed by atoms with E-state index in [1.54, 1.807) is 33.2 Å². The van der Waals surface area contributed by atoms with Crippen LogP contribution in [0.25, 0.3) is 10.9 Å². The Morgan fingerprint density at radius 3 is 2.75 bits per heavy atom. The molecule has 0 saturated heterocycles. The van der Waals surface area contributed by atoms with Gasteiger partial charge in [-0.15, -0.1) is 0 Å². The number of thiazole rings is 1. The summed E-state index contributed by atoms with van der Waals surface area (Å²) < 4.78 is 0. The van der Waals surface area contributed by atoms with Crippen LogP contribution >= 0.6 is 22.9 Å². The van der Waals surface area contributed by atoms with Gasteiger partial charge < -0.3 is 9.88 Å². The van der Waals surface area contributed by atoms with Crippen LogP contribution in [-0.2, 0) is 0 Å². The fourth-order valence-electron chi connectivity index (χ4n) is 2.26. The van der Waals surface area contributed by atoms with E-state index >= 15 is 0 Å². The number of anilines is 1. The predicted octanol–water partition coefficient (Wildman–Crippen LogP) is 3.54. The lowest BCUT2D eigenvalue weighted by Crippen LogP contribution is -2.21. The number of H-pyrrole nitrogens is 1. The molecule has 2 amide bonds. The van der Waals surface area contributed by atoms with Crippen LogP contribution < -0.4 is 5.32 Å². The van der Waals surface area contributed by atoms with Crippen molar-refractivity contribution in [1.82, 2.24) is 14.9 Å². The van der Waals surface area contributed by atoms with E-state index in [1.807, 2.05) is 12.1 Å². The lowest BCUT2D eigenvalue weighted by atomic mass is 10.2. The summed E-state index contributed by atoms with van der Waals surface area (Å²) >= 11 is 7.26. The van der Waals surface area contributed by atoms with Crippen LogP contribution in [0.5, 0.6) is 0 Å². The molecular weight excluding hydrogens is 348 g/mol. The second kappa shape index (κ2) is 6.26. The maximum atomic E-state index is 12.4. The van der Waals surface area contributed by atoms with Crippen molar-refractivity contribution in [2.75, 3.05) is 19.4 Å². The van der Waals surface area contributed by atoms with Crippen LogP contribution in [0.2, 0.25) is 5.02 Å². The average molecular weight is 363 g/mol. The summed E-state index contributed by atoms with van der Waals surface area (Å²) in [5, 5.41) is 4.50. The monoisotopic (exact) mass is 362 g/mol. The number of amides is 2. The molecule has 6 nitrogen and oxygen atoms in total. The number of nitrogens with one attached hydrogen (secondary N) is 2. The highest BCUT2D eigenvalue weighted by molar-refractivity contribution is 7.17. The van der Waals surface area contributed by atoms with Gasteiger partial charge in [-0.2, -0.15) is 0 Å². The molecule has 0 radical (unpaired) electrons. The van der Waals surface area contributed by atoms with Gasteiger partial charge in [-0.3, -0.25) is 14.9 Å². The van der Waals surface area contributed by atoms with Gasteiger partial charge in [0.1, 0.15) is 10.6 Å². The maximum absolute atomic E-state index is 12.4. The molecule has 2 aromatic heterocycles. The van der Waals surface area contributed by atoms with Gasteiger partial charge in [0.2, 0.25) is 0 Å². The number of para-hydroxylation sites is 1. The molecule has 0 aliphatic carbocycles. The number of halogens is 1. The standard InChI is InChI=1S/C16H15ClN4O2S/c1-8-13(15(23)21(2)3)24-16(18-8)20-14(22)11-7-9-5-4-6-10(17)12(9)19-11/h4-7,19H,1-3H3,(H,18,20,22). The molecule has 0 aliphatic heterocycles. The minimum Gasteiger partial charge on any atom is -0.349 e. The molecule has 0 aliphatic rings. The van der Waals surface area contributed by atoms with Gasteiger partial charge in [0.05, 0.1) is 16.2 Å². The van der Waals surface area contributed by atoms with Gasteiger partial charge >= 0.3 is 0 Å². The topological polar surface area (TPSA) is 78.1 Å². The first-order valence-corrected chi connectivity index (χ1v) is 8.34. The lowest BCUT2D eigenvalue weighted by Gasteiger charge is -2.07. The van der Waals surface area contributed by atoms with E-state index in [9.17, 15) is 9.59 Å². The SMILES string of the molecule is Cc1nc(NC(=O)c2cc3cccc(Cl)c3[nH]2)sc1C(=O)N(C)C. The lowest BCUT2D eigenvalue weighted by molar-refractivity contribution is 0.0831. The number of fused-ring (bicyclic) bond motifs is 1. The van der Waals surface area contributed by atoms with E-state index in [0.29, 0.717) is 31.9 Å². The highest BCUT2D eigenvalue weighted by Crippen LogP contribution is 2.26. The summed E-state index contributed by atoms with van der Waals surface area (Å²) in [7, 11) is 3.35. The van der Waals surface area contributed by atoms with Crippen LogP contribution in [0.1, 0.15) is 25.9 Å². The highest BCUT2D eigenvalue weighted by Gasteiger charge is 2.19. The Morgan fingerprint density at radius 2 is 2.08 bits per heavy atom. The van der Waals surface area contributed by atoms with E-state index in [-0.39, 0.29) is 11.8 Å². The normalized spacial score (nSPS) is 10.8. The Balaban J connectivity index is 1.85. The first-order chi connectivity index (χ1) is 11.4. The predicted molar refractivity (Wildman–Crippen MR) is 96.1 cm³/mol. The fourth-order valence-corrected chi connectivity index (χ4v) is 3.47. The van der Waals surface area contributed by atoms with Gasteiger partial charge in [0.15, 0.2) is 5.13 Å². The zero-order valence-electron chi connectivity index (χ0n) is 13.3. The zero-order valence-corrected chi connectivity index (χ0v) is 14.9. The largest absolute Gasteiger partial charge is 0.349 e. The van der Waals surface area contributed by atoms with Crippen LogP contribution in [0, 0.1) is 6.92 Å². The summed E-state index contributed by atoms with van der Waals surface area (Å²) in [6.45, 7) is 1.74. The van der Waals surface area contributed by atoms with Crippen molar-refractivity contribution in [3.63, 3.8) is 0 Å². The number of carbonyl (C=O) groups excluding carboxylic acids is 2. The molecule has 8 heteroatoms. The van der Waals surface area contributed by atoms with E-state index in [1.165, 1.54) is 4.90 Å². The van der Waals surface area contributed by atoms with Crippen LogP contribution in [0.3, 0.4) is 0 Å². The van der Waals surface area contributed by atoms with E-state index in [0.717, 1.165) is 16.7 Å². The summed E-state index contributed by atoms with van der Waals surface area (Å²) in [6.07, 6.45) is 0. The van der Waals surface area contributed by atoms with E-state index in [4.69, 9.17) is 11.6 Å². The molecule has 0 atom stereocenters. The summed E-state index contributed by atoms with van der Waals surface area (Å²) in [5.41, 5.74) is 1.68. The maximum Gasteiger partial charge on any atom is 0.273 e. The van der Waals surface area contributed by atoms with Gasteiger partial charge in [0.25, 0.3) is 11.8 Å². The van der Waals surface area contributed by atoms with Crippen molar-refractivity contribution >= 4 is 50.8 Å². The smallest absolute Gasteiger partial charge is 0.273 e. The molecule has 24 heavy (non-hydrogen) atoms. The molecule has 3 rings (SSSR count). The molecule has 0 saturated carbocycles. The Bertz CT molecular complexity index is 945. The molecule has 0 bridgehead atoms. The summed E-state index contributed by atoms with van der Waals surface area (Å²) in [5.74, 6) is -0.470. The highest BCUT2D eigenvalue weighted by atomic mass is 35.5. The number of benzene rings is 1. The van der Waals surface area contributed by atoms with Crippen molar-refractivity contribution in [1.29, 1.82) is 0 Å². The summed E-state index contributed by atoms with van der Waals surface area (Å²) in [4.78, 5) is 33.7. The number of carbonyl (C=O) groups is 2. The Morgan fingerprint density at radius 1 is 1.33 bits per heavy atom. The van der Waals surface area contributed by atoms with Crippen molar-refractivity contribution in [2.24, 2.45) is 0 Å². The Kier molecular flexibility index (Phi) is 4.29. The molecule has 2 N–H and O–H groups in total. The van der Waals surface area contributed by atoms with Crippen LogP contribution in [0.15, 0.2) is 24.3 Å². The molecule has 0 spiro atoms. The molecule has 124 valence electrons. The van der Waals surface area contributed by atoms with Crippen LogP contribution in [0.4, 0.5) is 5.13 Å². The second-order valence-corrected chi connectivity index (χ2v) is 6.88. The summed E-state index contributed by atoms with van der Waals surface area (Å²) in [6, 6.07) is 7.17. The van der Waals surface area contributed by atoms with Gasteiger partial charge in [-0.1, -0.05) is 35.1 Å². The molecule has 0 unspecified atom stereocenters. The molecular formula is C16H15ClN4O2S. The number of aromatic nitrogens is 2. The molecule has 1 aromatic carbocycles.